The zero-order chi connectivity index (χ0) is 13.8. The van der Waals surface area contributed by atoms with Crippen molar-refractivity contribution in [1.82, 2.24) is 14.9 Å². The van der Waals surface area contributed by atoms with Crippen molar-refractivity contribution in [1.29, 1.82) is 0 Å². The van der Waals surface area contributed by atoms with E-state index >= 15 is 0 Å². The Morgan fingerprint density at radius 2 is 1.95 bits per heavy atom. The molecule has 0 radical (unpaired) electrons. The van der Waals surface area contributed by atoms with Crippen LogP contribution in [0, 0.1) is 0 Å². The Morgan fingerprint density at radius 3 is 2.70 bits per heavy atom. The van der Waals surface area contributed by atoms with Crippen molar-refractivity contribution in [3.63, 3.8) is 0 Å². The Balaban J connectivity index is 1.61. The number of anilines is 1. The van der Waals surface area contributed by atoms with Crippen LogP contribution in [-0.4, -0.2) is 33.5 Å². The van der Waals surface area contributed by atoms with E-state index in [-0.39, 0.29) is 0 Å². The van der Waals surface area contributed by atoms with Crippen molar-refractivity contribution in [3.8, 4) is 0 Å². The molecule has 1 saturated heterocycles. The summed E-state index contributed by atoms with van der Waals surface area (Å²) in [6, 6.07) is 11.6. The number of hydrogen-bond acceptors (Lipinski definition) is 4. The van der Waals surface area contributed by atoms with E-state index in [1.807, 2.05) is 12.4 Å². The minimum atomic E-state index is 0.463. The molecule has 0 amide bonds. The van der Waals surface area contributed by atoms with E-state index in [0.29, 0.717) is 12.1 Å². The lowest BCUT2D eigenvalue weighted by Crippen LogP contribution is -2.35. The number of hydrogen-bond donors (Lipinski definition) is 1. The van der Waals surface area contributed by atoms with Crippen LogP contribution in [0.1, 0.15) is 18.9 Å². The highest BCUT2D eigenvalue weighted by atomic mass is 15.2. The lowest BCUT2D eigenvalue weighted by Gasteiger charge is -2.25. The third-order valence-electron chi connectivity index (χ3n) is 4.03. The number of benzene rings is 1. The zero-order valence-electron chi connectivity index (χ0n) is 11.7. The highest BCUT2D eigenvalue weighted by Crippen LogP contribution is 2.23. The SMILES string of the molecule is CC1C(Nc2cncnc2)CCN1Cc1ccccc1. The van der Waals surface area contributed by atoms with E-state index in [1.165, 1.54) is 5.56 Å². The van der Waals surface area contributed by atoms with Gasteiger partial charge in [0, 0.05) is 25.2 Å². The number of aromatic nitrogens is 2. The molecule has 1 aromatic carbocycles. The fourth-order valence-corrected chi connectivity index (χ4v) is 2.83. The number of likely N-dealkylation sites (tertiary alicyclic amines) is 1. The Labute approximate surface area is 119 Å². The maximum atomic E-state index is 4.05. The molecule has 4 heteroatoms. The van der Waals surface area contributed by atoms with E-state index in [9.17, 15) is 0 Å². The summed E-state index contributed by atoms with van der Waals surface area (Å²) in [5.74, 6) is 0. The van der Waals surface area contributed by atoms with Crippen molar-refractivity contribution in [2.45, 2.75) is 32.0 Å². The van der Waals surface area contributed by atoms with Crippen LogP contribution in [0.25, 0.3) is 0 Å². The fourth-order valence-electron chi connectivity index (χ4n) is 2.83. The normalized spacial score (nSPS) is 22.9. The van der Waals surface area contributed by atoms with Crippen molar-refractivity contribution < 1.29 is 0 Å². The lowest BCUT2D eigenvalue weighted by molar-refractivity contribution is 0.255. The number of nitrogens with zero attached hydrogens (tertiary/aromatic N) is 3. The van der Waals surface area contributed by atoms with Gasteiger partial charge in [0.1, 0.15) is 6.33 Å². The molecule has 2 unspecified atom stereocenters. The number of nitrogens with one attached hydrogen (secondary N) is 1. The molecule has 4 nitrogen and oxygen atoms in total. The van der Waals surface area contributed by atoms with Crippen molar-refractivity contribution in [2.24, 2.45) is 0 Å². The van der Waals surface area contributed by atoms with Crippen molar-refractivity contribution >= 4 is 5.69 Å². The van der Waals surface area contributed by atoms with Gasteiger partial charge in [-0.2, -0.15) is 0 Å². The standard InChI is InChI=1S/C16H20N4/c1-13-16(19-15-9-17-12-18-10-15)7-8-20(13)11-14-5-3-2-4-6-14/h2-6,9-10,12-13,16,19H,7-8,11H2,1H3. The molecule has 1 aromatic heterocycles. The minimum absolute atomic E-state index is 0.463. The molecule has 104 valence electrons. The highest BCUT2D eigenvalue weighted by molar-refractivity contribution is 5.39. The first-order valence-electron chi connectivity index (χ1n) is 7.12. The van der Waals surface area contributed by atoms with E-state index in [0.717, 1.165) is 25.2 Å². The largest absolute Gasteiger partial charge is 0.378 e. The molecular formula is C16H20N4. The van der Waals surface area contributed by atoms with Crippen LogP contribution < -0.4 is 5.32 Å². The monoisotopic (exact) mass is 268 g/mol. The van der Waals surface area contributed by atoms with Crippen LogP contribution in [0.3, 0.4) is 0 Å². The van der Waals surface area contributed by atoms with E-state index in [1.54, 1.807) is 6.33 Å². The third-order valence-corrected chi connectivity index (χ3v) is 4.03. The summed E-state index contributed by atoms with van der Waals surface area (Å²) in [4.78, 5) is 10.6. The predicted molar refractivity (Wildman–Crippen MR) is 80.4 cm³/mol. The van der Waals surface area contributed by atoms with Crippen LogP contribution in [-0.2, 0) is 6.54 Å². The van der Waals surface area contributed by atoms with Gasteiger partial charge in [-0.1, -0.05) is 30.3 Å². The van der Waals surface area contributed by atoms with E-state index < -0.39 is 0 Å². The molecule has 2 atom stereocenters. The van der Waals surface area contributed by atoms with Gasteiger partial charge in [0.15, 0.2) is 0 Å². The molecule has 0 aliphatic carbocycles. The van der Waals surface area contributed by atoms with Crippen LogP contribution in [0.2, 0.25) is 0 Å². The Morgan fingerprint density at radius 1 is 1.20 bits per heavy atom. The maximum absolute atomic E-state index is 4.05. The van der Waals surface area contributed by atoms with Gasteiger partial charge in [0.05, 0.1) is 18.1 Å². The lowest BCUT2D eigenvalue weighted by atomic mass is 10.1. The van der Waals surface area contributed by atoms with Gasteiger partial charge in [-0.15, -0.1) is 0 Å². The molecule has 3 rings (SSSR count). The van der Waals surface area contributed by atoms with E-state index in [4.69, 9.17) is 0 Å². The van der Waals surface area contributed by atoms with Crippen LogP contribution in [0.5, 0.6) is 0 Å². The fraction of sp³-hybridized carbons (Fsp3) is 0.375. The van der Waals surface area contributed by atoms with Gasteiger partial charge < -0.3 is 5.32 Å². The first kappa shape index (κ1) is 13.1. The van der Waals surface area contributed by atoms with Crippen LogP contribution >= 0.6 is 0 Å². The number of rotatable bonds is 4. The molecule has 2 heterocycles. The molecule has 20 heavy (non-hydrogen) atoms. The minimum Gasteiger partial charge on any atom is -0.378 e. The molecule has 2 aromatic rings. The molecule has 0 bridgehead atoms. The maximum Gasteiger partial charge on any atom is 0.115 e. The van der Waals surface area contributed by atoms with Crippen molar-refractivity contribution in [3.05, 3.63) is 54.6 Å². The van der Waals surface area contributed by atoms with Gasteiger partial charge in [-0.3, -0.25) is 4.90 Å². The second-order valence-corrected chi connectivity index (χ2v) is 5.36. The molecule has 1 aliphatic heterocycles. The van der Waals surface area contributed by atoms with Gasteiger partial charge >= 0.3 is 0 Å². The molecule has 1 aliphatic rings. The summed E-state index contributed by atoms with van der Waals surface area (Å²) in [5, 5.41) is 3.54. The molecule has 0 saturated carbocycles. The Bertz CT molecular complexity index is 479. The summed E-state index contributed by atoms with van der Waals surface area (Å²) in [5.41, 5.74) is 2.38. The quantitative estimate of drug-likeness (QED) is 0.925. The second kappa shape index (κ2) is 6.01. The van der Waals surface area contributed by atoms with Gasteiger partial charge in [-0.05, 0) is 18.9 Å². The summed E-state index contributed by atoms with van der Waals surface area (Å²) < 4.78 is 0. The van der Waals surface area contributed by atoms with Gasteiger partial charge in [-0.25, -0.2) is 9.97 Å². The first-order valence-corrected chi connectivity index (χ1v) is 7.12. The molecule has 0 spiro atoms. The second-order valence-electron chi connectivity index (χ2n) is 5.36. The Kier molecular flexibility index (Phi) is 3.92. The zero-order valence-corrected chi connectivity index (χ0v) is 11.7. The highest BCUT2D eigenvalue weighted by Gasteiger charge is 2.30. The topological polar surface area (TPSA) is 41.1 Å². The smallest absolute Gasteiger partial charge is 0.115 e. The summed E-state index contributed by atoms with van der Waals surface area (Å²) in [7, 11) is 0. The molecular weight excluding hydrogens is 248 g/mol. The van der Waals surface area contributed by atoms with Crippen LogP contribution in [0.4, 0.5) is 5.69 Å². The van der Waals surface area contributed by atoms with E-state index in [2.05, 4.69) is 57.4 Å². The van der Waals surface area contributed by atoms with Gasteiger partial charge in [0.25, 0.3) is 0 Å². The summed E-state index contributed by atoms with van der Waals surface area (Å²) in [6.07, 6.45) is 6.38. The average Bonchev–Trinajstić information content (AvgIpc) is 2.83. The summed E-state index contributed by atoms with van der Waals surface area (Å²) in [6.45, 7) is 4.43. The summed E-state index contributed by atoms with van der Waals surface area (Å²) >= 11 is 0. The molecule has 1 fully saturated rings. The van der Waals surface area contributed by atoms with Gasteiger partial charge in [0.2, 0.25) is 0 Å². The first-order chi connectivity index (χ1) is 9.83. The average molecular weight is 268 g/mol. The van der Waals surface area contributed by atoms with Crippen LogP contribution in [0.15, 0.2) is 49.1 Å². The molecule has 1 N–H and O–H groups in total. The van der Waals surface area contributed by atoms with Crippen molar-refractivity contribution in [2.75, 3.05) is 11.9 Å². The predicted octanol–water partition coefficient (Wildman–Crippen LogP) is 2.55. The third kappa shape index (κ3) is 2.96. The Hall–Kier alpha value is -1.94.